The van der Waals surface area contributed by atoms with Crippen LogP contribution in [-0.2, 0) is 0 Å². The van der Waals surface area contributed by atoms with Crippen LogP contribution < -0.4 is 10.5 Å². The highest BCUT2D eigenvalue weighted by Gasteiger charge is 2.22. The Morgan fingerprint density at radius 3 is 2.68 bits per heavy atom. The Bertz CT molecular complexity index is 1190. The Hall–Kier alpha value is -3.22. The minimum absolute atomic E-state index is 0.132. The highest BCUT2D eigenvalue weighted by Crippen LogP contribution is 2.27. The summed E-state index contributed by atoms with van der Waals surface area (Å²) in [7, 11) is 2.05. The normalized spacial score (nSPS) is 15.3. The topological polar surface area (TPSA) is 79.7 Å². The van der Waals surface area contributed by atoms with Crippen molar-refractivity contribution < 1.29 is 0 Å². The molecule has 0 aliphatic heterocycles. The monoisotopic (exact) mass is 374 g/mol. The van der Waals surface area contributed by atoms with Crippen molar-refractivity contribution in [3.63, 3.8) is 0 Å². The van der Waals surface area contributed by atoms with Crippen LogP contribution in [0.25, 0.3) is 27.6 Å². The van der Waals surface area contributed by atoms with Crippen molar-refractivity contribution in [1.29, 1.82) is 0 Å². The van der Waals surface area contributed by atoms with Crippen LogP contribution in [0.15, 0.2) is 47.5 Å². The molecular weight excluding hydrogens is 352 g/mol. The molecule has 7 nitrogen and oxygen atoms in total. The van der Waals surface area contributed by atoms with Crippen LogP contribution in [0.2, 0.25) is 0 Å². The lowest BCUT2D eigenvalue weighted by molar-refractivity contribution is 0.424. The molecular formula is C21H22N6O. The van der Waals surface area contributed by atoms with E-state index in [-0.39, 0.29) is 5.56 Å². The van der Waals surface area contributed by atoms with Gasteiger partial charge in [-0.3, -0.25) is 14.5 Å². The lowest BCUT2D eigenvalue weighted by Crippen LogP contribution is -2.34. The van der Waals surface area contributed by atoms with Crippen molar-refractivity contribution in [2.24, 2.45) is 0 Å². The van der Waals surface area contributed by atoms with Gasteiger partial charge in [0, 0.05) is 25.5 Å². The van der Waals surface area contributed by atoms with Gasteiger partial charge in [-0.1, -0.05) is 37.5 Å². The van der Waals surface area contributed by atoms with Gasteiger partial charge in [0.05, 0.1) is 16.5 Å². The van der Waals surface area contributed by atoms with E-state index in [0.29, 0.717) is 28.5 Å². The quantitative estimate of drug-likeness (QED) is 0.594. The second kappa shape index (κ2) is 6.74. The molecule has 7 heteroatoms. The molecule has 0 saturated heterocycles. The maximum absolute atomic E-state index is 13.2. The first kappa shape index (κ1) is 16.9. The number of pyridine rings is 1. The molecule has 1 saturated carbocycles. The third kappa shape index (κ3) is 2.66. The van der Waals surface area contributed by atoms with Crippen LogP contribution in [-0.4, -0.2) is 37.8 Å². The minimum atomic E-state index is -0.132. The van der Waals surface area contributed by atoms with Gasteiger partial charge in [-0.25, -0.2) is 4.98 Å². The molecule has 0 atom stereocenters. The standard InChI is InChI=1S/C21H22N6O/c1-26(14-8-4-2-5-9-14)21-22-12-16-18-17(13-23-25-18)20(28)27(19(16)24-21)15-10-6-3-7-11-15/h3,6-7,10-14H,2,4-5,8-9H2,1H3,(H,23,25). The van der Waals surface area contributed by atoms with E-state index in [4.69, 9.17) is 4.98 Å². The van der Waals surface area contributed by atoms with E-state index in [0.717, 1.165) is 23.9 Å². The Morgan fingerprint density at radius 1 is 1.11 bits per heavy atom. The maximum Gasteiger partial charge on any atom is 0.267 e. The van der Waals surface area contributed by atoms with Crippen LogP contribution in [0.4, 0.5) is 5.95 Å². The number of rotatable bonds is 3. The Morgan fingerprint density at radius 2 is 1.89 bits per heavy atom. The number of benzene rings is 1. The summed E-state index contributed by atoms with van der Waals surface area (Å²) in [5.74, 6) is 0.651. The molecule has 0 spiro atoms. The first-order valence-corrected chi connectivity index (χ1v) is 9.77. The summed E-state index contributed by atoms with van der Waals surface area (Å²) in [4.78, 5) is 24.8. The van der Waals surface area contributed by atoms with Crippen molar-refractivity contribution in [1.82, 2.24) is 24.7 Å². The van der Waals surface area contributed by atoms with Gasteiger partial charge in [-0.05, 0) is 25.0 Å². The van der Waals surface area contributed by atoms with Crippen LogP contribution in [0.3, 0.4) is 0 Å². The number of hydrogen-bond donors (Lipinski definition) is 1. The van der Waals surface area contributed by atoms with Gasteiger partial charge in [0.15, 0.2) is 5.65 Å². The molecule has 28 heavy (non-hydrogen) atoms. The molecule has 1 N–H and O–H groups in total. The molecule has 1 fully saturated rings. The van der Waals surface area contributed by atoms with Gasteiger partial charge in [0.1, 0.15) is 5.52 Å². The molecule has 0 bridgehead atoms. The van der Waals surface area contributed by atoms with E-state index in [9.17, 15) is 4.79 Å². The predicted octanol–water partition coefficient (Wildman–Crippen LogP) is 3.43. The molecule has 1 aliphatic carbocycles. The number of H-pyrrole nitrogens is 1. The largest absolute Gasteiger partial charge is 0.341 e. The summed E-state index contributed by atoms with van der Waals surface area (Å²) in [6, 6.07) is 10.0. The summed E-state index contributed by atoms with van der Waals surface area (Å²) in [5, 5.41) is 8.38. The van der Waals surface area contributed by atoms with E-state index in [1.807, 2.05) is 30.3 Å². The summed E-state index contributed by atoms with van der Waals surface area (Å²) >= 11 is 0. The molecule has 5 rings (SSSR count). The number of para-hydroxylation sites is 1. The van der Waals surface area contributed by atoms with E-state index in [1.54, 1.807) is 17.0 Å². The molecule has 0 radical (unpaired) electrons. The number of nitrogens with one attached hydrogen (secondary N) is 1. The smallest absolute Gasteiger partial charge is 0.267 e. The third-order valence-electron chi connectivity index (χ3n) is 5.75. The number of hydrogen-bond acceptors (Lipinski definition) is 5. The Balaban J connectivity index is 1.75. The van der Waals surface area contributed by atoms with Gasteiger partial charge < -0.3 is 4.90 Å². The summed E-state index contributed by atoms with van der Waals surface area (Å²) < 4.78 is 1.66. The number of fused-ring (bicyclic) bond motifs is 3. The zero-order valence-electron chi connectivity index (χ0n) is 15.8. The third-order valence-corrected chi connectivity index (χ3v) is 5.75. The molecule has 142 valence electrons. The van der Waals surface area contributed by atoms with Gasteiger partial charge in [0.2, 0.25) is 5.95 Å². The zero-order valence-corrected chi connectivity index (χ0v) is 15.8. The highest BCUT2D eigenvalue weighted by molar-refractivity contribution is 6.02. The van der Waals surface area contributed by atoms with Crippen molar-refractivity contribution in [3.05, 3.63) is 53.1 Å². The van der Waals surface area contributed by atoms with Crippen LogP contribution in [0.1, 0.15) is 32.1 Å². The van der Waals surface area contributed by atoms with Gasteiger partial charge in [-0.15, -0.1) is 0 Å². The van der Waals surface area contributed by atoms with Crippen molar-refractivity contribution >= 4 is 27.9 Å². The number of aromatic amines is 1. The molecule has 0 unspecified atom stereocenters. The van der Waals surface area contributed by atoms with Crippen LogP contribution >= 0.6 is 0 Å². The van der Waals surface area contributed by atoms with Gasteiger partial charge >= 0.3 is 0 Å². The second-order valence-electron chi connectivity index (χ2n) is 7.43. The fourth-order valence-corrected chi connectivity index (χ4v) is 4.19. The number of aromatic nitrogens is 5. The van der Waals surface area contributed by atoms with Gasteiger partial charge in [-0.2, -0.15) is 10.1 Å². The van der Waals surface area contributed by atoms with E-state index in [2.05, 4.69) is 27.1 Å². The average molecular weight is 374 g/mol. The summed E-state index contributed by atoms with van der Waals surface area (Å²) in [5.41, 5.74) is 1.85. The number of nitrogens with zero attached hydrogens (tertiary/aromatic N) is 5. The van der Waals surface area contributed by atoms with Crippen LogP contribution in [0, 0.1) is 0 Å². The highest BCUT2D eigenvalue weighted by atomic mass is 16.1. The molecule has 4 aromatic rings. The Labute approximate surface area is 162 Å². The van der Waals surface area contributed by atoms with Gasteiger partial charge in [0.25, 0.3) is 5.56 Å². The van der Waals surface area contributed by atoms with E-state index >= 15 is 0 Å². The SMILES string of the molecule is CN(c1ncc2c3n[nH]cc3c(=O)n(-c3ccccc3)c2n1)C1CCCCC1. The molecule has 3 aromatic heterocycles. The molecule has 1 aromatic carbocycles. The first-order valence-electron chi connectivity index (χ1n) is 9.77. The minimum Gasteiger partial charge on any atom is -0.341 e. The summed E-state index contributed by atoms with van der Waals surface area (Å²) in [6.07, 6.45) is 9.52. The lowest BCUT2D eigenvalue weighted by atomic mass is 9.95. The predicted molar refractivity (Wildman–Crippen MR) is 110 cm³/mol. The van der Waals surface area contributed by atoms with E-state index < -0.39 is 0 Å². The Kier molecular flexibility index (Phi) is 4.07. The van der Waals surface area contributed by atoms with Crippen LogP contribution in [0.5, 0.6) is 0 Å². The van der Waals surface area contributed by atoms with Crippen molar-refractivity contribution in [3.8, 4) is 5.69 Å². The maximum atomic E-state index is 13.2. The fourth-order valence-electron chi connectivity index (χ4n) is 4.19. The van der Waals surface area contributed by atoms with Crippen molar-refractivity contribution in [2.45, 2.75) is 38.1 Å². The fraction of sp³-hybridized carbons (Fsp3) is 0.333. The van der Waals surface area contributed by atoms with Crippen molar-refractivity contribution in [2.75, 3.05) is 11.9 Å². The second-order valence-corrected chi connectivity index (χ2v) is 7.43. The first-order chi connectivity index (χ1) is 13.7. The average Bonchev–Trinajstić information content (AvgIpc) is 3.25. The lowest BCUT2D eigenvalue weighted by Gasteiger charge is -2.31. The number of anilines is 1. The molecule has 0 amide bonds. The molecule has 3 heterocycles. The summed E-state index contributed by atoms with van der Waals surface area (Å²) in [6.45, 7) is 0. The molecule has 1 aliphatic rings. The zero-order chi connectivity index (χ0) is 19.1. The van der Waals surface area contributed by atoms with E-state index in [1.165, 1.54) is 19.3 Å².